The number of likely N-dealkylation sites (tertiary alicyclic amines) is 1. The highest BCUT2D eigenvalue weighted by atomic mass is 15.2. The van der Waals surface area contributed by atoms with E-state index >= 15 is 0 Å². The molecule has 2 heteroatoms. The molecule has 0 radical (unpaired) electrons. The Morgan fingerprint density at radius 1 is 1.20 bits per heavy atom. The van der Waals surface area contributed by atoms with Crippen molar-refractivity contribution >= 4 is 0 Å². The molecule has 1 saturated heterocycles. The molecule has 1 aliphatic rings. The van der Waals surface area contributed by atoms with E-state index in [1.165, 1.54) is 37.9 Å². The van der Waals surface area contributed by atoms with E-state index in [9.17, 15) is 0 Å². The number of benzene rings is 1. The molecule has 0 bridgehead atoms. The largest absolute Gasteiger partial charge is 0.314 e. The fourth-order valence-corrected chi connectivity index (χ4v) is 3.44. The van der Waals surface area contributed by atoms with E-state index in [0.717, 1.165) is 12.5 Å². The van der Waals surface area contributed by atoms with Gasteiger partial charge in [-0.15, -0.1) is 0 Å². The zero-order valence-electron chi connectivity index (χ0n) is 13.3. The fourth-order valence-electron chi connectivity index (χ4n) is 3.44. The quantitative estimate of drug-likeness (QED) is 0.856. The summed E-state index contributed by atoms with van der Waals surface area (Å²) in [6.45, 7) is 10.6. The smallest absolute Gasteiger partial charge is 0.0120 e. The second-order valence-electron chi connectivity index (χ2n) is 6.18. The molecule has 1 fully saturated rings. The number of nitrogens with zero attached hydrogens (tertiary/aromatic N) is 1. The molecule has 20 heavy (non-hydrogen) atoms. The molecular formula is C18H30N2. The normalized spacial score (nSPS) is 27.6. The predicted molar refractivity (Wildman–Crippen MR) is 87.0 cm³/mol. The Hall–Kier alpha value is -0.860. The topological polar surface area (TPSA) is 15.3 Å². The van der Waals surface area contributed by atoms with Crippen LogP contribution in [-0.2, 0) is 6.42 Å². The number of hydrogen-bond acceptors (Lipinski definition) is 2. The molecule has 112 valence electrons. The lowest BCUT2D eigenvalue weighted by atomic mass is 9.87. The van der Waals surface area contributed by atoms with Crippen LogP contribution >= 0.6 is 0 Å². The molecule has 3 atom stereocenters. The first-order valence-electron chi connectivity index (χ1n) is 8.23. The molecule has 1 N–H and O–H groups in total. The minimum Gasteiger partial charge on any atom is -0.314 e. The summed E-state index contributed by atoms with van der Waals surface area (Å²) in [5.74, 6) is 0.750. The predicted octanol–water partition coefficient (Wildman–Crippen LogP) is 3.33. The van der Waals surface area contributed by atoms with Gasteiger partial charge in [0.15, 0.2) is 0 Å². The summed E-state index contributed by atoms with van der Waals surface area (Å²) in [7, 11) is 0. The molecule has 0 aliphatic carbocycles. The molecule has 1 aromatic rings. The number of nitrogens with one attached hydrogen (secondary N) is 1. The van der Waals surface area contributed by atoms with Gasteiger partial charge in [0.25, 0.3) is 0 Å². The van der Waals surface area contributed by atoms with Crippen LogP contribution in [0.2, 0.25) is 0 Å². The molecule has 1 heterocycles. The average Bonchev–Trinajstić information content (AvgIpc) is 2.48. The van der Waals surface area contributed by atoms with Crippen molar-refractivity contribution in [1.82, 2.24) is 10.2 Å². The number of rotatable bonds is 6. The standard InChI is InChI=1S/C18H30N2/c1-4-19-18-12-14-20(16(3)15(18)2)13-8-11-17-9-6-5-7-10-17/h5-7,9-10,15-16,18-19H,4,8,11-14H2,1-3H3. The fraction of sp³-hybridized carbons (Fsp3) is 0.667. The third-order valence-corrected chi connectivity index (χ3v) is 4.92. The summed E-state index contributed by atoms with van der Waals surface area (Å²) in [6.07, 6.45) is 3.77. The lowest BCUT2D eigenvalue weighted by Crippen LogP contribution is -2.53. The van der Waals surface area contributed by atoms with Gasteiger partial charge in [-0.1, -0.05) is 44.2 Å². The third kappa shape index (κ3) is 4.07. The van der Waals surface area contributed by atoms with E-state index in [4.69, 9.17) is 0 Å². The van der Waals surface area contributed by atoms with E-state index in [1.807, 2.05) is 0 Å². The van der Waals surface area contributed by atoms with Crippen LogP contribution in [0.15, 0.2) is 30.3 Å². The van der Waals surface area contributed by atoms with Crippen LogP contribution in [-0.4, -0.2) is 36.6 Å². The summed E-state index contributed by atoms with van der Waals surface area (Å²) in [4.78, 5) is 2.68. The van der Waals surface area contributed by atoms with E-state index in [0.29, 0.717) is 12.1 Å². The Kier molecular flexibility index (Phi) is 6.06. The Morgan fingerprint density at radius 2 is 1.95 bits per heavy atom. The van der Waals surface area contributed by atoms with Gasteiger partial charge in [-0.2, -0.15) is 0 Å². The van der Waals surface area contributed by atoms with Crippen LogP contribution in [0.5, 0.6) is 0 Å². The summed E-state index contributed by atoms with van der Waals surface area (Å²) in [5, 5.41) is 3.64. The Morgan fingerprint density at radius 3 is 2.65 bits per heavy atom. The van der Waals surface area contributed by atoms with E-state index in [1.54, 1.807) is 0 Å². The Balaban J connectivity index is 1.76. The highest BCUT2D eigenvalue weighted by Crippen LogP contribution is 2.23. The van der Waals surface area contributed by atoms with Gasteiger partial charge in [-0.3, -0.25) is 0 Å². The SMILES string of the molecule is CCNC1CCN(CCCc2ccccc2)C(C)C1C. The van der Waals surface area contributed by atoms with Crippen molar-refractivity contribution in [2.45, 2.75) is 52.1 Å². The van der Waals surface area contributed by atoms with Crippen molar-refractivity contribution in [3.05, 3.63) is 35.9 Å². The molecule has 0 saturated carbocycles. The number of aryl methyl sites for hydroxylation is 1. The molecule has 2 rings (SSSR count). The van der Waals surface area contributed by atoms with Gasteiger partial charge >= 0.3 is 0 Å². The monoisotopic (exact) mass is 274 g/mol. The van der Waals surface area contributed by atoms with E-state index in [2.05, 4.69) is 61.3 Å². The van der Waals surface area contributed by atoms with E-state index < -0.39 is 0 Å². The maximum absolute atomic E-state index is 3.64. The van der Waals surface area contributed by atoms with Crippen LogP contribution in [0.25, 0.3) is 0 Å². The first-order chi connectivity index (χ1) is 9.72. The van der Waals surface area contributed by atoms with Crippen molar-refractivity contribution in [2.24, 2.45) is 5.92 Å². The maximum atomic E-state index is 3.64. The summed E-state index contributed by atoms with van der Waals surface area (Å²) in [6, 6.07) is 12.3. The van der Waals surface area contributed by atoms with Crippen LogP contribution in [0.4, 0.5) is 0 Å². The lowest BCUT2D eigenvalue weighted by Gasteiger charge is -2.43. The molecule has 0 amide bonds. The molecule has 2 nitrogen and oxygen atoms in total. The first-order valence-corrected chi connectivity index (χ1v) is 8.23. The maximum Gasteiger partial charge on any atom is 0.0120 e. The second kappa shape index (κ2) is 7.80. The summed E-state index contributed by atoms with van der Waals surface area (Å²) in [5.41, 5.74) is 1.47. The van der Waals surface area contributed by atoms with Crippen molar-refractivity contribution in [1.29, 1.82) is 0 Å². The van der Waals surface area contributed by atoms with Gasteiger partial charge in [-0.05, 0) is 57.3 Å². The van der Waals surface area contributed by atoms with Crippen molar-refractivity contribution in [2.75, 3.05) is 19.6 Å². The van der Waals surface area contributed by atoms with Crippen molar-refractivity contribution in [3.8, 4) is 0 Å². The highest BCUT2D eigenvalue weighted by molar-refractivity contribution is 5.14. The minimum absolute atomic E-state index is 0.698. The van der Waals surface area contributed by atoms with Crippen molar-refractivity contribution < 1.29 is 0 Å². The van der Waals surface area contributed by atoms with Crippen LogP contribution < -0.4 is 5.32 Å². The zero-order chi connectivity index (χ0) is 14.4. The molecule has 0 spiro atoms. The van der Waals surface area contributed by atoms with Gasteiger partial charge in [0.2, 0.25) is 0 Å². The molecule has 1 aliphatic heterocycles. The van der Waals surface area contributed by atoms with Gasteiger partial charge in [0.05, 0.1) is 0 Å². The van der Waals surface area contributed by atoms with Gasteiger partial charge in [0.1, 0.15) is 0 Å². The molecular weight excluding hydrogens is 244 g/mol. The highest BCUT2D eigenvalue weighted by Gasteiger charge is 2.31. The Bertz CT molecular complexity index is 376. The minimum atomic E-state index is 0.698. The van der Waals surface area contributed by atoms with Crippen LogP contribution in [0.3, 0.4) is 0 Å². The van der Waals surface area contributed by atoms with Crippen LogP contribution in [0, 0.1) is 5.92 Å². The zero-order valence-corrected chi connectivity index (χ0v) is 13.3. The van der Waals surface area contributed by atoms with Crippen molar-refractivity contribution in [3.63, 3.8) is 0 Å². The first kappa shape index (κ1) is 15.5. The second-order valence-corrected chi connectivity index (χ2v) is 6.18. The number of hydrogen-bond donors (Lipinski definition) is 1. The summed E-state index contributed by atoms with van der Waals surface area (Å²) < 4.78 is 0. The number of piperidine rings is 1. The van der Waals surface area contributed by atoms with Gasteiger partial charge < -0.3 is 10.2 Å². The van der Waals surface area contributed by atoms with Crippen LogP contribution in [0.1, 0.15) is 39.2 Å². The summed E-state index contributed by atoms with van der Waals surface area (Å²) >= 11 is 0. The Labute approximate surface area is 124 Å². The molecule has 0 aromatic heterocycles. The average molecular weight is 274 g/mol. The van der Waals surface area contributed by atoms with Gasteiger partial charge in [-0.25, -0.2) is 0 Å². The van der Waals surface area contributed by atoms with E-state index in [-0.39, 0.29) is 0 Å². The molecule has 3 unspecified atom stereocenters. The third-order valence-electron chi connectivity index (χ3n) is 4.92. The van der Waals surface area contributed by atoms with Gasteiger partial charge in [0, 0.05) is 12.1 Å². The molecule has 1 aromatic carbocycles. The lowest BCUT2D eigenvalue weighted by molar-refractivity contribution is 0.0846.